The number of methoxy groups -OCH3 is 2. The second kappa shape index (κ2) is 6.35. The Balaban J connectivity index is 2.27. The molecule has 0 atom stereocenters. The molecule has 2 aromatic rings. The summed E-state index contributed by atoms with van der Waals surface area (Å²) in [6, 6.07) is 9.48. The fourth-order valence-corrected chi connectivity index (χ4v) is 2.41. The molecule has 21 heavy (non-hydrogen) atoms. The summed E-state index contributed by atoms with van der Waals surface area (Å²) in [5.41, 5.74) is 4.23. The predicted octanol–water partition coefficient (Wildman–Crippen LogP) is 4.20. The highest BCUT2D eigenvalue weighted by Gasteiger charge is 2.04. The molecule has 0 aliphatic carbocycles. The minimum absolute atomic E-state index is 0.141. The Kier molecular flexibility index (Phi) is 4.53. The van der Waals surface area contributed by atoms with E-state index >= 15 is 0 Å². The molecule has 3 nitrogen and oxygen atoms in total. The fourth-order valence-electron chi connectivity index (χ4n) is 2.41. The van der Waals surface area contributed by atoms with Crippen molar-refractivity contribution in [1.82, 2.24) is 0 Å². The number of rotatable bonds is 4. The lowest BCUT2D eigenvalue weighted by Crippen LogP contribution is -1.91. The van der Waals surface area contributed by atoms with E-state index in [1.807, 2.05) is 32.1 Å². The zero-order valence-corrected chi connectivity index (χ0v) is 12.8. The van der Waals surface area contributed by atoms with Crippen LogP contribution in [0.3, 0.4) is 0 Å². The molecule has 0 saturated carbocycles. The van der Waals surface area contributed by atoms with Gasteiger partial charge in [-0.2, -0.15) is 0 Å². The molecular weight excluding hydrogens is 264 g/mol. The summed E-state index contributed by atoms with van der Waals surface area (Å²) in [4.78, 5) is 0. The summed E-state index contributed by atoms with van der Waals surface area (Å²) in [5, 5.41) is 9.77. The van der Waals surface area contributed by atoms with Crippen LogP contribution in [0.25, 0.3) is 12.2 Å². The van der Waals surface area contributed by atoms with Gasteiger partial charge < -0.3 is 14.6 Å². The lowest BCUT2D eigenvalue weighted by molar-refractivity contribution is 0.373. The van der Waals surface area contributed by atoms with Crippen molar-refractivity contribution in [3.8, 4) is 17.2 Å². The van der Waals surface area contributed by atoms with Crippen LogP contribution in [0.5, 0.6) is 17.2 Å². The van der Waals surface area contributed by atoms with E-state index in [1.54, 1.807) is 19.2 Å². The smallest absolute Gasteiger partial charge is 0.160 e. The Bertz CT molecular complexity index is 649. The summed E-state index contributed by atoms with van der Waals surface area (Å²) in [7, 11) is 3.22. The third-order valence-corrected chi connectivity index (χ3v) is 3.36. The van der Waals surface area contributed by atoms with Crippen LogP contribution in [-0.2, 0) is 0 Å². The molecule has 0 aliphatic rings. The SMILES string of the molecule is COc1ccc(C=Cc2cc(C)c(OC)c(C)c2)cc1O. The third-order valence-electron chi connectivity index (χ3n) is 3.36. The van der Waals surface area contributed by atoms with Gasteiger partial charge in [-0.3, -0.25) is 0 Å². The number of aromatic hydroxyl groups is 1. The summed E-state index contributed by atoms with van der Waals surface area (Å²) in [6.07, 6.45) is 3.97. The van der Waals surface area contributed by atoms with Crippen molar-refractivity contribution in [2.24, 2.45) is 0 Å². The van der Waals surface area contributed by atoms with E-state index in [1.165, 1.54) is 7.11 Å². The second-order valence-corrected chi connectivity index (χ2v) is 4.95. The van der Waals surface area contributed by atoms with Crippen molar-refractivity contribution >= 4 is 12.2 Å². The quantitative estimate of drug-likeness (QED) is 0.855. The van der Waals surface area contributed by atoms with Crippen LogP contribution >= 0.6 is 0 Å². The van der Waals surface area contributed by atoms with E-state index in [9.17, 15) is 5.11 Å². The first-order valence-electron chi connectivity index (χ1n) is 6.75. The highest BCUT2D eigenvalue weighted by Crippen LogP contribution is 2.28. The van der Waals surface area contributed by atoms with Gasteiger partial charge in [-0.1, -0.05) is 18.2 Å². The summed E-state index contributed by atoms with van der Waals surface area (Å²) >= 11 is 0. The van der Waals surface area contributed by atoms with Gasteiger partial charge in [0, 0.05) is 0 Å². The first kappa shape index (κ1) is 15.0. The Morgan fingerprint density at radius 3 is 2.00 bits per heavy atom. The van der Waals surface area contributed by atoms with Gasteiger partial charge >= 0.3 is 0 Å². The van der Waals surface area contributed by atoms with Crippen LogP contribution in [0.4, 0.5) is 0 Å². The van der Waals surface area contributed by atoms with E-state index in [-0.39, 0.29) is 5.75 Å². The van der Waals surface area contributed by atoms with Gasteiger partial charge in [0.1, 0.15) is 5.75 Å². The molecule has 2 rings (SSSR count). The van der Waals surface area contributed by atoms with Gasteiger partial charge in [0.2, 0.25) is 0 Å². The van der Waals surface area contributed by atoms with E-state index in [0.717, 1.165) is 28.0 Å². The van der Waals surface area contributed by atoms with Crippen molar-refractivity contribution in [3.63, 3.8) is 0 Å². The summed E-state index contributed by atoms with van der Waals surface area (Å²) in [6.45, 7) is 4.06. The number of phenols is 1. The summed E-state index contributed by atoms with van der Waals surface area (Å²) in [5.74, 6) is 1.54. The second-order valence-electron chi connectivity index (χ2n) is 4.95. The minimum atomic E-state index is 0.141. The van der Waals surface area contributed by atoms with E-state index in [0.29, 0.717) is 5.75 Å². The molecule has 2 aromatic carbocycles. The lowest BCUT2D eigenvalue weighted by atomic mass is 10.0. The normalized spacial score (nSPS) is 10.9. The standard InChI is InChI=1S/C18H20O3/c1-12-9-15(10-13(2)18(12)21-4)6-5-14-7-8-17(20-3)16(19)11-14/h5-11,19H,1-4H3. The lowest BCUT2D eigenvalue weighted by Gasteiger charge is -2.09. The molecule has 0 heterocycles. The van der Waals surface area contributed by atoms with Crippen LogP contribution in [0, 0.1) is 13.8 Å². The first-order valence-corrected chi connectivity index (χ1v) is 6.75. The van der Waals surface area contributed by atoms with Gasteiger partial charge in [0.25, 0.3) is 0 Å². The Morgan fingerprint density at radius 1 is 0.857 bits per heavy atom. The molecule has 3 heteroatoms. The van der Waals surface area contributed by atoms with Crippen LogP contribution in [0.15, 0.2) is 30.3 Å². The molecule has 0 saturated heterocycles. The topological polar surface area (TPSA) is 38.7 Å². The monoisotopic (exact) mass is 284 g/mol. The molecule has 0 spiro atoms. The van der Waals surface area contributed by atoms with Crippen molar-refractivity contribution in [2.45, 2.75) is 13.8 Å². The molecule has 0 fully saturated rings. The van der Waals surface area contributed by atoms with E-state index in [2.05, 4.69) is 12.1 Å². The average Bonchev–Trinajstić information content (AvgIpc) is 2.45. The van der Waals surface area contributed by atoms with Crippen molar-refractivity contribution in [3.05, 3.63) is 52.6 Å². The highest BCUT2D eigenvalue weighted by molar-refractivity contribution is 5.72. The Hall–Kier alpha value is -2.42. The van der Waals surface area contributed by atoms with Gasteiger partial charge in [-0.05, 0) is 60.4 Å². The number of aryl methyl sites for hydroxylation is 2. The predicted molar refractivity (Wildman–Crippen MR) is 86.1 cm³/mol. The maximum atomic E-state index is 9.77. The van der Waals surface area contributed by atoms with E-state index in [4.69, 9.17) is 9.47 Å². The molecule has 0 unspecified atom stereocenters. The van der Waals surface area contributed by atoms with Crippen molar-refractivity contribution in [2.75, 3.05) is 14.2 Å². The van der Waals surface area contributed by atoms with Gasteiger partial charge in [0.05, 0.1) is 14.2 Å². The number of phenolic OH excluding ortho intramolecular Hbond substituents is 1. The molecule has 1 N–H and O–H groups in total. The number of hydrogen-bond donors (Lipinski definition) is 1. The van der Waals surface area contributed by atoms with Gasteiger partial charge in [-0.25, -0.2) is 0 Å². The molecule has 0 aliphatic heterocycles. The van der Waals surface area contributed by atoms with Crippen molar-refractivity contribution < 1.29 is 14.6 Å². The van der Waals surface area contributed by atoms with Crippen molar-refractivity contribution in [1.29, 1.82) is 0 Å². The zero-order chi connectivity index (χ0) is 15.4. The summed E-state index contributed by atoms with van der Waals surface area (Å²) < 4.78 is 10.4. The molecule has 0 bridgehead atoms. The molecule has 110 valence electrons. The highest BCUT2D eigenvalue weighted by atomic mass is 16.5. The third kappa shape index (κ3) is 3.37. The largest absolute Gasteiger partial charge is 0.504 e. The average molecular weight is 284 g/mol. The number of hydrogen-bond acceptors (Lipinski definition) is 3. The van der Waals surface area contributed by atoms with Crippen LogP contribution < -0.4 is 9.47 Å². The van der Waals surface area contributed by atoms with Gasteiger partial charge in [0.15, 0.2) is 11.5 Å². The zero-order valence-electron chi connectivity index (χ0n) is 12.8. The maximum Gasteiger partial charge on any atom is 0.160 e. The molecular formula is C18H20O3. The molecule has 0 radical (unpaired) electrons. The fraction of sp³-hybridized carbons (Fsp3) is 0.222. The van der Waals surface area contributed by atoms with Crippen LogP contribution in [0.1, 0.15) is 22.3 Å². The van der Waals surface area contributed by atoms with Crippen LogP contribution in [-0.4, -0.2) is 19.3 Å². The molecule has 0 aromatic heterocycles. The van der Waals surface area contributed by atoms with E-state index < -0.39 is 0 Å². The minimum Gasteiger partial charge on any atom is -0.504 e. The first-order chi connectivity index (χ1) is 10.0. The number of benzene rings is 2. The Morgan fingerprint density at radius 2 is 1.48 bits per heavy atom. The molecule has 0 amide bonds. The van der Waals surface area contributed by atoms with Gasteiger partial charge in [-0.15, -0.1) is 0 Å². The van der Waals surface area contributed by atoms with Crippen LogP contribution in [0.2, 0.25) is 0 Å². The Labute approximate surface area is 125 Å². The number of ether oxygens (including phenoxy) is 2. The maximum absolute atomic E-state index is 9.77.